The first-order valence-electron chi connectivity index (χ1n) is 4.64. The minimum atomic E-state index is -0.0730. The van der Waals surface area contributed by atoms with Gasteiger partial charge < -0.3 is 5.73 Å². The maximum Gasteiger partial charge on any atom is 0.0795 e. The highest BCUT2D eigenvalue weighted by Crippen LogP contribution is 2.21. The van der Waals surface area contributed by atoms with E-state index in [0.29, 0.717) is 0 Å². The Balaban J connectivity index is 2.13. The first-order valence-corrected chi connectivity index (χ1v) is 5.96. The fourth-order valence-electron chi connectivity index (χ4n) is 1.41. The Hall–Kier alpha value is -0.900. The van der Waals surface area contributed by atoms with E-state index in [-0.39, 0.29) is 6.04 Å². The van der Waals surface area contributed by atoms with Gasteiger partial charge in [-0.15, -0.1) is 11.3 Å². The molecule has 0 aliphatic carbocycles. The van der Waals surface area contributed by atoms with Gasteiger partial charge in [0, 0.05) is 10.4 Å². The van der Waals surface area contributed by atoms with Crippen LogP contribution in [-0.4, -0.2) is 4.98 Å². The molecule has 0 fully saturated rings. The lowest BCUT2D eigenvalue weighted by atomic mass is 10.0. The maximum absolute atomic E-state index is 6.06. The molecule has 2 aromatic rings. The lowest BCUT2D eigenvalue weighted by molar-refractivity contribution is 0.702. The van der Waals surface area contributed by atoms with Gasteiger partial charge in [-0.25, -0.2) is 4.98 Å². The smallest absolute Gasteiger partial charge is 0.0795 e. The van der Waals surface area contributed by atoms with E-state index in [1.165, 1.54) is 0 Å². The second kappa shape index (κ2) is 4.75. The summed E-state index contributed by atoms with van der Waals surface area (Å²) < 4.78 is 0. The van der Waals surface area contributed by atoms with Crippen LogP contribution in [0.3, 0.4) is 0 Å². The number of nitrogens with zero attached hydrogens (tertiary/aromatic N) is 1. The van der Waals surface area contributed by atoms with Crippen LogP contribution in [0, 0.1) is 0 Å². The molecule has 1 aromatic carbocycles. The van der Waals surface area contributed by atoms with E-state index in [2.05, 4.69) is 4.98 Å². The minimum Gasteiger partial charge on any atom is -0.322 e. The molecule has 0 aliphatic rings. The first-order chi connectivity index (χ1) is 7.27. The number of benzene rings is 1. The lowest BCUT2D eigenvalue weighted by Crippen LogP contribution is -2.13. The molecule has 2 N–H and O–H groups in total. The molecule has 2 rings (SSSR count). The molecule has 0 saturated heterocycles. The van der Waals surface area contributed by atoms with Crippen molar-refractivity contribution in [1.29, 1.82) is 0 Å². The van der Waals surface area contributed by atoms with Crippen molar-refractivity contribution in [2.24, 2.45) is 5.73 Å². The standard InChI is InChI=1S/C11H11ClN2S/c12-9-4-2-1-3-8(9)5-10(13)11-6-15-7-14-11/h1-4,6-7,10H,5,13H2. The Morgan fingerprint density at radius 3 is 2.87 bits per heavy atom. The van der Waals surface area contributed by atoms with E-state index in [4.69, 9.17) is 17.3 Å². The molecule has 4 heteroatoms. The predicted octanol–water partition coefficient (Wildman–Crippen LogP) is 3.04. The van der Waals surface area contributed by atoms with Gasteiger partial charge in [0.2, 0.25) is 0 Å². The lowest BCUT2D eigenvalue weighted by Gasteiger charge is -2.09. The van der Waals surface area contributed by atoms with Gasteiger partial charge in [-0.2, -0.15) is 0 Å². The highest BCUT2D eigenvalue weighted by atomic mass is 35.5. The van der Waals surface area contributed by atoms with E-state index in [9.17, 15) is 0 Å². The molecule has 0 amide bonds. The molecule has 0 saturated carbocycles. The van der Waals surface area contributed by atoms with E-state index in [1.54, 1.807) is 16.8 Å². The van der Waals surface area contributed by atoms with Gasteiger partial charge in [0.05, 0.1) is 17.2 Å². The topological polar surface area (TPSA) is 38.9 Å². The normalized spacial score (nSPS) is 12.7. The summed E-state index contributed by atoms with van der Waals surface area (Å²) in [5, 5.41) is 2.74. The number of thiazole rings is 1. The third-order valence-corrected chi connectivity index (χ3v) is 3.20. The average Bonchev–Trinajstić information content (AvgIpc) is 2.74. The molecule has 78 valence electrons. The van der Waals surface area contributed by atoms with Gasteiger partial charge in [-0.1, -0.05) is 29.8 Å². The third kappa shape index (κ3) is 2.56. The van der Waals surface area contributed by atoms with Gasteiger partial charge in [0.25, 0.3) is 0 Å². The van der Waals surface area contributed by atoms with Gasteiger partial charge in [-0.3, -0.25) is 0 Å². The third-order valence-electron chi connectivity index (χ3n) is 2.23. The van der Waals surface area contributed by atoms with Crippen molar-refractivity contribution in [2.75, 3.05) is 0 Å². The first kappa shape index (κ1) is 10.6. The van der Waals surface area contributed by atoms with Crippen molar-refractivity contribution in [2.45, 2.75) is 12.5 Å². The number of nitrogens with two attached hydrogens (primary N) is 1. The molecule has 0 aliphatic heterocycles. The zero-order valence-electron chi connectivity index (χ0n) is 8.06. The molecule has 1 unspecified atom stereocenters. The van der Waals surface area contributed by atoms with Crippen LogP contribution >= 0.6 is 22.9 Å². The van der Waals surface area contributed by atoms with Crippen molar-refractivity contribution in [3.63, 3.8) is 0 Å². The van der Waals surface area contributed by atoms with Crippen molar-refractivity contribution in [3.05, 3.63) is 51.4 Å². The Bertz CT molecular complexity index is 428. The van der Waals surface area contributed by atoms with E-state index >= 15 is 0 Å². The second-order valence-electron chi connectivity index (χ2n) is 3.32. The zero-order valence-corrected chi connectivity index (χ0v) is 9.63. The van der Waals surface area contributed by atoms with Crippen molar-refractivity contribution in [3.8, 4) is 0 Å². The van der Waals surface area contributed by atoms with Crippen LogP contribution in [0.2, 0.25) is 5.02 Å². The zero-order chi connectivity index (χ0) is 10.7. The number of aromatic nitrogens is 1. The van der Waals surface area contributed by atoms with Crippen LogP contribution in [0.15, 0.2) is 35.2 Å². The van der Waals surface area contributed by atoms with Crippen LogP contribution < -0.4 is 5.73 Å². The summed E-state index contributed by atoms with van der Waals surface area (Å²) in [5.41, 5.74) is 9.82. The summed E-state index contributed by atoms with van der Waals surface area (Å²) >= 11 is 7.61. The minimum absolute atomic E-state index is 0.0730. The summed E-state index contributed by atoms with van der Waals surface area (Å²) in [6.45, 7) is 0. The number of rotatable bonds is 3. The second-order valence-corrected chi connectivity index (χ2v) is 4.44. The Labute approximate surface area is 97.7 Å². The van der Waals surface area contributed by atoms with Crippen LogP contribution in [0.4, 0.5) is 0 Å². The monoisotopic (exact) mass is 238 g/mol. The van der Waals surface area contributed by atoms with Gasteiger partial charge in [-0.05, 0) is 18.1 Å². The number of hydrogen-bond acceptors (Lipinski definition) is 3. The van der Waals surface area contributed by atoms with Gasteiger partial charge in [0.1, 0.15) is 0 Å². The summed E-state index contributed by atoms with van der Waals surface area (Å²) in [7, 11) is 0. The van der Waals surface area contributed by atoms with Crippen LogP contribution in [0.25, 0.3) is 0 Å². The van der Waals surface area contributed by atoms with Crippen LogP contribution in [0.5, 0.6) is 0 Å². The van der Waals surface area contributed by atoms with Crippen molar-refractivity contribution >= 4 is 22.9 Å². The highest BCUT2D eigenvalue weighted by molar-refractivity contribution is 7.07. The van der Waals surface area contributed by atoms with Crippen LogP contribution in [-0.2, 0) is 6.42 Å². The number of hydrogen-bond donors (Lipinski definition) is 1. The highest BCUT2D eigenvalue weighted by Gasteiger charge is 2.10. The molecule has 0 radical (unpaired) electrons. The average molecular weight is 239 g/mol. The van der Waals surface area contributed by atoms with E-state index in [0.717, 1.165) is 22.7 Å². The SMILES string of the molecule is NC(Cc1ccccc1Cl)c1cscn1. The summed E-state index contributed by atoms with van der Waals surface area (Å²) in [5.74, 6) is 0. The Morgan fingerprint density at radius 2 is 2.20 bits per heavy atom. The summed E-state index contributed by atoms with van der Waals surface area (Å²) in [6, 6.07) is 7.69. The van der Waals surface area contributed by atoms with Crippen LogP contribution in [0.1, 0.15) is 17.3 Å². The Kier molecular flexibility index (Phi) is 3.36. The molecule has 15 heavy (non-hydrogen) atoms. The van der Waals surface area contributed by atoms with E-state index < -0.39 is 0 Å². The molecule has 0 bridgehead atoms. The van der Waals surface area contributed by atoms with Gasteiger partial charge in [0.15, 0.2) is 0 Å². The fourth-order valence-corrected chi connectivity index (χ4v) is 2.24. The van der Waals surface area contributed by atoms with E-state index in [1.807, 2.05) is 29.6 Å². The van der Waals surface area contributed by atoms with Gasteiger partial charge >= 0.3 is 0 Å². The largest absolute Gasteiger partial charge is 0.322 e. The Morgan fingerprint density at radius 1 is 1.40 bits per heavy atom. The fraction of sp³-hybridized carbons (Fsp3) is 0.182. The summed E-state index contributed by atoms with van der Waals surface area (Å²) in [4.78, 5) is 4.19. The molecule has 1 heterocycles. The quantitative estimate of drug-likeness (QED) is 0.893. The molecule has 2 nitrogen and oxygen atoms in total. The molecule has 1 aromatic heterocycles. The molecular formula is C11H11ClN2S. The molecule has 0 spiro atoms. The summed E-state index contributed by atoms with van der Waals surface area (Å²) in [6.07, 6.45) is 0.726. The molecule has 1 atom stereocenters. The maximum atomic E-state index is 6.06. The van der Waals surface area contributed by atoms with Crippen molar-refractivity contribution in [1.82, 2.24) is 4.98 Å². The predicted molar refractivity (Wildman–Crippen MR) is 64.2 cm³/mol. The van der Waals surface area contributed by atoms with Crippen molar-refractivity contribution < 1.29 is 0 Å². The number of halogens is 1. The molecular weight excluding hydrogens is 228 g/mol.